The molecule has 1 aromatic heterocycles. The number of aliphatic carboxylic acids is 1. The largest absolute Gasteiger partial charge is 0.480 e. The second-order valence-corrected chi connectivity index (χ2v) is 6.12. The van der Waals surface area contributed by atoms with E-state index in [1.54, 1.807) is 11.3 Å². The number of nitrogens with zero attached hydrogens (tertiary/aromatic N) is 1. The molecule has 2 heterocycles. The van der Waals surface area contributed by atoms with E-state index in [2.05, 4.69) is 18.3 Å². The summed E-state index contributed by atoms with van der Waals surface area (Å²) in [7, 11) is 0. The van der Waals surface area contributed by atoms with Gasteiger partial charge in [0.25, 0.3) is 0 Å². The first-order valence-corrected chi connectivity index (χ1v) is 7.75. The molecule has 2 amide bonds. The fourth-order valence-electron chi connectivity index (χ4n) is 2.65. The summed E-state index contributed by atoms with van der Waals surface area (Å²) in [6.45, 7) is 4.93. The zero-order valence-corrected chi connectivity index (χ0v) is 12.6. The van der Waals surface area contributed by atoms with Crippen LogP contribution in [0.4, 0.5) is 4.79 Å². The van der Waals surface area contributed by atoms with E-state index in [0.29, 0.717) is 13.1 Å². The van der Waals surface area contributed by atoms with E-state index >= 15 is 0 Å². The highest BCUT2D eigenvalue weighted by molar-refractivity contribution is 7.10. The van der Waals surface area contributed by atoms with Gasteiger partial charge in [-0.15, -0.1) is 11.3 Å². The minimum absolute atomic E-state index is 0.00573. The number of carboxylic acid groups (broad SMARTS) is 1. The summed E-state index contributed by atoms with van der Waals surface area (Å²) in [5.41, 5.74) is 1.24. The van der Waals surface area contributed by atoms with Crippen molar-refractivity contribution in [3.63, 3.8) is 0 Å². The molecular weight excluding hydrogens is 276 g/mol. The fourth-order valence-corrected chi connectivity index (χ4v) is 3.56. The highest BCUT2D eigenvalue weighted by Crippen LogP contribution is 2.24. The predicted octanol–water partition coefficient (Wildman–Crippen LogP) is 2.32. The summed E-state index contributed by atoms with van der Waals surface area (Å²) in [6.07, 6.45) is 1.68. The van der Waals surface area contributed by atoms with Crippen molar-refractivity contribution in [3.05, 3.63) is 21.9 Å². The molecule has 0 aliphatic carbocycles. The number of hydrogen-bond acceptors (Lipinski definition) is 3. The third-order valence-corrected chi connectivity index (χ3v) is 4.80. The Morgan fingerprint density at radius 3 is 2.95 bits per heavy atom. The molecule has 2 N–H and O–H groups in total. The van der Waals surface area contributed by atoms with Gasteiger partial charge in [-0.3, -0.25) is 0 Å². The average molecular weight is 296 g/mol. The first-order valence-electron chi connectivity index (χ1n) is 6.87. The van der Waals surface area contributed by atoms with E-state index in [1.807, 2.05) is 12.3 Å². The third kappa shape index (κ3) is 2.95. The quantitative estimate of drug-likeness (QED) is 0.896. The molecule has 20 heavy (non-hydrogen) atoms. The predicted molar refractivity (Wildman–Crippen MR) is 77.8 cm³/mol. The van der Waals surface area contributed by atoms with Crippen LogP contribution in [-0.4, -0.2) is 34.6 Å². The lowest BCUT2D eigenvalue weighted by Crippen LogP contribution is -2.47. The lowest BCUT2D eigenvalue weighted by Gasteiger charge is -2.23. The topological polar surface area (TPSA) is 69.6 Å². The standard InChI is InChI=1S/C14H20N2O3S/c1-3-10-5-7-20-11(10)8-15-14(19)16-6-4-9(2)12(16)13(17)18/h5,7,9,12H,3-4,6,8H2,1-2H3,(H,15,19)(H,17,18). The van der Waals surface area contributed by atoms with Crippen LogP contribution in [0.25, 0.3) is 0 Å². The maximum Gasteiger partial charge on any atom is 0.326 e. The van der Waals surface area contributed by atoms with Crippen LogP contribution < -0.4 is 5.32 Å². The monoisotopic (exact) mass is 296 g/mol. The molecular formula is C14H20N2O3S. The Kier molecular flexibility index (Phi) is 4.65. The smallest absolute Gasteiger partial charge is 0.326 e. The first kappa shape index (κ1) is 14.8. The summed E-state index contributed by atoms with van der Waals surface area (Å²) >= 11 is 1.62. The molecule has 1 fully saturated rings. The number of carboxylic acids is 1. The lowest BCUT2D eigenvalue weighted by atomic mass is 10.0. The maximum absolute atomic E-state index is 12.2. The van der Waals surface area contributed by atoms with Crippen molar-refractivity contribution >= 4 is 23.3 Å². The lowest BCUT2D eigenvalue weighted by molar-refractivity contribution is -0.142. The molecule has 1 aromatic rings. The number of carbonyl (C=O) groups is 2. The molecule has 0 aromatic carbocycles. The highest BCUT2D eigenvalue weighted by Gasteiger charge is 2.39. The van der Waals surface area contributed by atoms with E-state index in [9.17, 15) is 14.7 Å². The first-order chi connectivity index (χ1) is 9.54. The van der Waals surface area contributed by atoms with Crippen LogP contribution in [0.5, 0.6) is 0 Å². The van der Waals surface area contributed by atoms with Gasteiger partial charge in [0.1, 0.15) is 6.04 Å². The summed E-state index contributed by atoms with van der Waals surface area (Å²) < 4.78 is 0. The van der Waals surface area contributed by atoms with Crippen molar-refractivity contribution in [2.45, 2.75) is 39.3 Å². The summed E-state index contributed by atoms with van der Waals surface area (Å²) in [4.78, 5) is 26.0. The zero-order valence-electron chi connectivity index (χ0n) is 11.8. The number of likely N-dealkylation sites (tertiary alicyclic amines) is 1. The molecule has 0 radical (unpaired) electrons. The Labute approximate surface area is 122 Å². The van der Waals surface area contributed by atoms with Crippen molar-refractivity contribution in [3.8, 4) is 0 Å². The molecule has 0 saturated carbocycles. The zero-order chi connectivity index (χ0) is 14.7. The van der Waals surface area contributed by atoms with Crippen molar-refractivity contribution in [1.29, 1.82) is 0 Å². The Hall–Kier alpha value is -1.56. The van der Waals surface area contributed by atoms with E-state index in [0.717, 1.165) is 17.7 Å². The van der Waals surface area contributed by atoms with Gasteiger partial charge in [-0.2, -0.15) is 0 Å². The van der Waals surface area contributed by atoms with Crippen molar-refractivity contribution < 1.29 is 14.7 Å². The molecule has 0 bridgehead atoms. The van der Waals surface area contributed by atoms with Crippen LogP contribution in [0.1, 0.15) is 30.7 Å². The van der Waals surface area contributed by atoms with Crippen LogP contribution in [0, 0.1) is 5.92 Å². The van der Waals surface area contributed by atoms with Gasteiger partial charge in [-0.1, -0.05) is 13.8 Å². The highest BCUT2D eigenvalue weighted by atomic mass is 32.1. The van der Waals surface area contributed by atoms with Gasteiger partial charge in [-0.05, 0) is 35.8 Å². The minimum atomic E-state index is -0.921. The van der Waals surface area contributed by atoms with Gasteiger partial charge in [0.05, 0.1) is 6.54 Å². The Morgan fingerprint density at radius 2 is 2.30 bits per heavy atom. The SMILES string of the molecule is CCc1ccsc1CNC(=O)N1CCC(C)C1C(=O)O. The molecule has 0 spiro atoms. The summed E-state index contributed by atoms with van der Waals surface area (Å²) in [5, 5.41) is 14.1. The van der Waals surface area contributed by atoms with Gasteiger partial charge in [0.2, 0.25) is 0 Å². The van der Waals surface area contributed by atoms with E-state index in [-0.39, 0.29) is 11.9 Å². The van der Waals surface area contributed by atoms with Crippen LogP contribution in [0.15, 0.2) is 11.4 Å². The second kappa shape index (κ2) is 6.26. The van der Waals surface area contributed by atoms with E-state index in [1.165, 1.54) is 10.5 Å². The molecule has 6 heteroatoms. The number of amides is 2. The van der Waals surface area contributed by atoms with Crippen LogP contribution in [-0.2, 0) is 17.8 Å². The van der Waals surface area contributed by atoms with Gasteiger partial charge in [0.15, 0.2) is 0 Å². The third-order valence-electron chi connectivity index (χ3n) is 3.83. The number of aryl methyl sites for hydroxylation is 1. The molecule has 1 aliphatic heterocycles. The Morgan fingerprint density at radius 1 is 1.55 bits per heavy atom. The number of nitrogens with one attached hydrogen (secondary N) is 1. The maximum atomic E-state index is 12.2. The van der Waals surface area contributed by atoms with Gasteiger partial charge in [-0.25, -0.2) is 9.59 Å². The second-order valence-electron chi connectivity index (χ2n) is 5.12. The Balaban J connectivity index is 1.97. The molecule has 1 aliphatic rings. The van der Waals surface area contributed by atoms with Crippen LogP contribution in [0.3, 0.4) is 0 Å². The summed E-state index contributed by atoms with van der Waals surface area (Å²) in [5.74, 6) is -0.915. The van der Waals surface area contributed by atoms with Gasteiger partial charge < -0.3 is 15.3 Å². The molecule has 110 valence electrons. The molecule has 2 atom stereocenters. The number of rotatable bonds is 4. The molecule has 2 rings (SSSR count). The number of urea groups is 1. The van der Waals surface area contributed by atoms with E-state index < -0.39 is 12.0 Å². The van der Waals surface area contributed by atoms with Crippen molar-refractivity contribution in [2.24, 2.45) is 5.92 Å². The van der Waals surface area contributed by atoms with Crippen LogP contribution >= 0.6 is 11.3 Å². The Bertz CT molecular complexity index is 500. The number of thiophene rings is 1. The fraction of sp³-hybridized carbons (Fsp3) is 0.571. The average Bonchev–Trinajstić information content (AvgIpc) is 3.01. The number of carbonyl (C=O) groups excluding carboxylic acids is 1. The van der Waals surface area contributed by atoms with E-state index in [4.69, 9.17) is 0 Å². The molecule has 1 saturated heterocycles. The van der Waals surface area contributed by atoms with Crippen molar-refractivity contribution in [2.75, 3.05) is 6.54 Å². The number of hydrogen-bond donors (Lipinski definition) is 2. The van der Waals surface area contributed by atoms with Crippen LogP contribution in [0.2, 0.25) is 0 Å². The van der Waals surface area contributed by atoms with Gasteiger partial charge >= 0.3 is 12.0 Å². The van der Waals surface area contributed by atoms with Gasteiger partial charge in [0, 0.05) is 11.4 Å². The summed E-state index contributed by atoms with van der Waals surface area (Å²) in [6, 6.07) is 1.07. The molecule has 2 unspecified atom stereocenters. The normalized spacial score (nSPS) is 22.0. The van der Waals surface area contributed by atoms with Crippen molar-refractivity contribution in [1.82, 2.24) is 10.2 Å². The minimum Gasteiger partial charge on any atom is -0.480 e. The molecule has 5 nitrogen and oxygen atoms in total.